The van der Waals surface area contributed by atoms with Crippen LogP contribution in [0.15, 0.2) is 91.5 Å². The Morgan fingerprint density at radius 1 is 1.00 bits per heavy atom. The lowest BCUT2D eigenvalue weighted by atomic mass is 10.0. The number of H-pyrrole nitrogens is 1. The van der Waals surface area contributed by atoms with Crippen molar-refractivity contribution >= 4 is 34.0 Å². The second-order valence-electron chi connectivity index (χ2n) is 9.88. The molecule has 0 unspecified atom stereocenters. The van der Waals surface area contributed by atoms with E-state index in [2.05, 4.69) is 55.2 Å². The molecule has 0 fully saturated rings. The molecule has 43 heavy (non-hydrogen) atoms. The molecule has 224 valence electrons. The molecule has 0 saturated carbocycles. The number of nitrogens with two attached hydrogens (primary N) is 1. The lowest BCUT2D eigenvalue weighted by Crippen LogP contribution is -2.63. The van der Waals surface area contributed by atoms with E-state index in [0.717, 1.165) is 16.3 Å². The Hall–Kier alpha value is -4.42. The summed E-state index contributed by atoms with van der Waals surface area (Å²) in [5.74, 6) is -0.708. The van der Waals surface area contributed by atoms with E-state index in [4.69, 9.17) is 5.73 Å². The van der Waals surface area contributed by atoms with Crippen LogP contribution in [0.3, 0.4) is 0 Å². The van der Waals surface area contributed by atoms with Gasteiger partial charge in [0.2, 0.25) is 0 Å². The molecule has 5 aromatic rings. The van der Waals surface area contributed by atoms with E-state index >= 15 is 0 Å². The summed E-state index contributed by atoms with van der Waals surface area (Å²) >= 11 is 1.33. The third-order valence-corrected chi connectivity index (χ3v) is 7.85. The maximum Gasteiger partial charge on any atom is 0.344 e. The molecule has 10 nitrogen and oxygen atoms in total. The van der Waals surface area contributed by atoms with Crippen LogP contribution in [0, 0.1) is 0 Å². The zero-order chi connectivity index (χ0) is 30.5. The third-order valence-electron chi connectivity index (χ3n) is 6.77. The predicted octanol–water partition coefficient (Wildman–Crippen LogP) is 4.56. The number of nitrogens with zero attached hydrogens (tertiary/aromatic N) is 2. The van der Waals surface area contributed by atoms with E-state index in [1.54, 1.807) is 36.9 Å². The number of aliphatic carboxylic acids is 1. The van der Waals surface area contributed by atoms with Gasteiger partial charge in [0.25, 0.3) is 5.91 Å². The molecule has 1 amide bonds. The van der Waals surface area contributed by atoms with Gasteiger partial charge >= 0.3 is 5.97 Å². The number of aromatic nitrogens is 3. The number of fused-ring (bicyclic) bond motifs is 1. The van der Waals surface area contributed by atoms with Crippen LogP contribution in [0.4, 0.5) is 0 Å². The first kappa shape index (κ1) is 31.5. The second-order valence-corrected chi connectivity index (χ2v) is 11.0. The number of benzene rings is 2. The fraction of sp³-hybridized carbons (Fsp3) is 0.250. The second kappa shape index (κ2) is 15.7. The Bertz CT molecular complexity index is 1590. The van der Waals surface area contributed by atoms with Crippen LogP contribution in [-0.2, 0) is 31.0 Å². The van der Waals surface area contributed by atoms with Crippen LogP contribution in [0.2, 0.25) is 0 Å². The van der Waals surface area contributed by atoms with Crippen LogP contribution >= 0.6 is 11.3 Å². The van der Waals surface area contributed by atoms with Gasteiger partial charge in [-0.3, -0.25) is 15.1 Å². The average Bonchev–Trinajstić information content (AvgIpc) is 3.73. The van der Waals surface area contributed by atoms with Crippen molar-refractivity contribution < 1.29 is 14.7 Å². The fourth-order valence-corrected chi connectivity index (χ4v) is 5.45. The summed E-state index contributed by atoms with van der Waals surface area (Å²) in [7, 11) is 0. The molecule has 0 saturated heterocycles. The maximum atomic E-state index is 12.9. The number of rotatable bonds is 13. The Kier molecular flexibility index (Phi) is 11.5. The van der Waals surface area contributed by atoms with Crippen molar-refractivity contribution in [3.63, 3.8) is 0 Å². The molecule has 1 atom stereocenters. The third kappa shape index (κ3) is 8.79. The van der Waals surface area contributed by atoms with Crippen LogP contribution in [-0.4, -0.2) is 37.6 Å². The van der Waals surface area contributed by atoms with Crippen molar-refractivity contribution in [3.8, 4) is 0 Å². The standard InChI is InChI=1S/C21H26N6O3S.C11H11N/c1-2-7-21(20(29)30,26-12-15-4-3-8-22-11-15)27-19(28)17-6-5-16(31-17)13-23-14-18-24-9-10-25-18;12-8-10-6-3-5-9-4-1-2-7-11(9)10/h3-6,8-11,23,26H,2,7,12-14H2,1H3,(H,24,25)(H,27,28)(H,29,30);1-7H,8,12H2/t21-;/m0./s1. The first-order valence-electron chi connectivity index (χ1n) is 14.1. The van der Waals surface area contributed by atoms with Crippen LogP contribution in [0.5, 0.6) is 0 Å². The molecule has 3 heterocycles. The number of hydrogen-bond acceptors (Lipinski definition) is 8. The van der Waals surface area contributed by atoms with Crippen molar-refractivity contribution in [2.45, 2.75) is 51.6 Å². The number of hydrogen-bond donors (Lipinski definition) is 6. The monoisotopic (exact) mass is 599 g/mol. The minimum atomic E-state index is -1.57. The van der Waals surface area contributed by atoms with Crippen LogP contribution in [0.1, 0.15) is 51.3 Å². The summed E-state index contributed by atoms with van der Waals surface area (Å²) in [5, 5.41) is 21.4. The summed E-state index contributed by atoms with van der Waals surface area (Å²) in [5.41, 5.74) is 6.10. The van der Waals surface area contributed by atoms with E-state index in [1.807, 2.05) is 37.3 Å². The summed E-state index contributed by atoms with van der Waals surface area (Å²) in [6.07, 6.45) is 7.60. The van der Waals surface area contributed by atoms with E-state index in [0.29, 0.717) is 30.9 Å². The fourth-order valence-electron chi connectivity index (χ4n) is 4.58. The molecular weight excluding hydrogens is 562 g/mol. The number of thiophene rings is 1. The van der Waals surface area contributed by atoms with Crippen molar-refractivity contribution in [2.24, 2.45) is 5.73 Å². The molecule has 0 bridgehead atoms. The topological polar surface area (TPSA) is 158 Å². The van der Waals surface area contributed by atoms with E-state index in [-0.39, 0.29) is 13.0 Å². The van der Waals surface area contributed by atoms with Gasteiger partial charge in [-0.25, -0.2) is 9.78 Å². The van der Waals surface area contributed by atoms with Crippen molar-refractivity contribution in [3.05, 3.63) is 118 Å². The number of pyridine rings is 1. The summed E-state index contributed by atoms with van der Waals surface area (Å²) in [4.78, 5) is 37.7. The molecule has 0 aliphatic heterocycles. The molecule has 2 aromatic carbocycles. The number of carbonyl (C=O) groups is 2. The van der Waals surface area contributed by atoms with Gasteiger partial charge in [-0.15, -0.1) is 11.3 Å². The number of amides is 1. The lowest BCUT2D eigenvalue weighted by molar-refractivity contribution is -0.146. The van der Waals surface area contributed by atoms with Gasteiger partial charge in [-0.1, -0.05) is 61.9 Å². The average molecular weight is 600 g/mol. The minimum absolute atomic E-state index is 0.247. The molecule has 0 aliphatic carbocycles. The number of nitrogens with one attached hydrogen (secondary N) is 4. The molecule has 0 aliphatic rings. The highest BCUT2D eigenvalue weighted by Gasteiger charge is 2.39. The Labute approximate surface area is 254 Å². The zero-order valence-corrected chi connectivity index (χ0v) is 24.9. The summed E-state index contributed by atoms with van der Waals surface area (Å²) in [6.45, 7) is 3.93. The van der Waals surface area contributed by atoms with E-state index < -0.39 is 17.5 Å². The van der Waals surface area contributed by atoms with Gasteiger partial charge in [-0.05, 0) is 46.5 Å². The van der Waals surface area contributed by atoms with E-state index in [1.165, 1.54) is 27.7 Å². The molecule has 0 radical (unpaired) electrons. The first-order valence-corrected chi connectivity index (χ1v) is 14.9. The normalized spacial score (nSPS) is 12.2. The van der Waals surface area contributed by atoms with Gasteiger partial charge < -0.3 is 26.5 Å². The lowest BCUT2D eigenvalue weighted by Gasteiger charge is -2.31. The van der Waals surface area contributed by atoms with Gasteiger partial charge in [0.05, 0.1) is 11.4 Å². The molecule has 0 spiro atoms. The molecule has 5 rings (SSSR count). The van der Waals surface area contributed by atoms with Crippen molar-refractivity contribution in [2.75, 3.05) is 0 Å². The smallest absolute Gasteiger partial charge is 0.344 e. The quantitative estimate of drug-likeness (QED) is 0.108. The number of carbonyl (C=O) groups excluding carboxylic acids is 1. The zero-order valence-electron chi connectivity index (χ0n) is 24.0. The minimum Gasteiger partial charge on any atom is -0.478 e. The van der Waals surface area contributed by atoms with Gasteiger partial charge in [0.15, 0.2) is 5.66 Å². The Morgan fingerprint density at radius 2 is 1.84 bits per heavy atom. The highest BCUT2D eigenvalue weighted by Crippen LogP contribution is 2.20. The number of carboxylic acids is 1. The molecule has 3 aromatic heterocycles. The predicted molar refractivity (Wildman–Crippen MR) is 169 cm³/mol. The van der Waals surface area contributed by atoms with Crippen molar-refractivity contribution in [1.29, 1.82) is 0 Å². The largest absolute Gasteiger partial charge is 0.478 e. The van der Waals surface area contributed by atoms with Crippen LogP contribution in [0.25, 0.3) is 10.8 Å². The van der Waals surface area contributed by atoms with Gasteiger partial charge in [-0.2, -0.15) is 0 Å². The highest BCUT2D eigenvalue weighted by molar-refractivity contribution is 7.14. The molecular formula is C32H37N7O3S. The number of carboxylic acid groups (broad SMARTS) is 1. The number of imidazole rings is 1. The summed E-state index contributed by atoms with van der Waals surface area (Å²) in [6, 6.07) is 21.7. The Morgan fingerprint density at radius 3 is 2.56 bits per heavy atom. The summed E-state index contributed by atoms with van der Waals surface area (Å²) < 4.78 is 0. The SMILES string of the molecule is CCC[C@](NCc1cccnc1)(NC(=O)c1ccc(CNCc2ncc[nH]2)s1)C(=O)O.NCc1cccc2ccccc12. The molecule has 7 N–H and O–H groups in total. The number of aromatic amines is 1. The van der Waals surface area contributed by atoms with Gasteiger partial charge in [0, 0.05) is 49.3 Å². The van der Waals surface area contributed by atoms with Gasteiger partial charge in [0.1, 0.15) is 5.82 Å². The molecule has 11 heteroatoms. The van der Waals surface area contributed by atoms with Crippen molar-refractivity contribution in [1.82, 2.24) is 30.9 Å². The van der Waals surface area contributed by atoms with Crippen LogP contribution < -0.4 is 21.7 Å². The maximum absolute atomic E-state index is 12.9. The highest BCUT2D eigenvalue weighted by atomic mass is 32.1. The Balaban J connectivity index is 0.000000292. The van der Waals surface area contributed by atoms with E-state index in [9.17, 15) is 14.7 Å². The first-order chi connectivity index (χ1) is 20.9.